The van der Waals surface area contributed by atoms with Gasteiger partial charge in [0.2, 0.25) is 0 Å². The lowest BCUT2D eigenvalue weighted by Crippen LogP contribution is -2.61. The van der Waals surface area contributed by atoms with Crippen molar-refractivity contribution in [1.82, 2.24) is 9.88 Å². The van der Waals surface area contributed by atoms with Crippen molar-refractivity contribution < 1.29 is 9.90 Å². The number of aliphatic hydroxyl groups excluding tert-OH is 1. The summed E-state index contributed by atoms with van der Waals surface area (Å²) in [4.78, 5) is 18.2. The molecular weight excluding hydrogens is 388 g/mol. The minimum atomic E-state index is 0.175. The van der Waals surface area contributed by atoms with Crippen molar-refractivity contribution in [2.24, 2.45) is 5.41 Å². The smallest absolute Gasteiger partial charge is 0.134 e. The molecule has 166 valence electrons. The van der Waals surface area contributed by atoms with E-state index in [4.69, 9.17) is 5.73 Å². The maximum absolute atomic E-state index is 11.3. The number of aromatic nitrogens is 1. The predicted molar refractivity (Wildman–Crippen MR) is 124 cm³/mol. The highest BCUT2D eigenvalue weighted by Crippen LogP contribution is 2.46. The summed E-state index contributed by atoms with van der Waals surface area (Å²) in [5.74, 6) is 0.934. The third-order valence-corrected chi connectivity index (χ3v) is 6.46. The van der Waals surface area contributed by atoms with Crippen molar-refractivity contribution in [2.45, 2.75) is 58.0 Å². The van der Waals surface area contributed by atoms with E-state index in [1.165, 1.54) is 11.1 Å². The average Bonchev–Trinajstić information content (AvgIpc) is 2.66. The zero-order chi connectivity index (χ0) is 21.8. The summed E-state index contributed by atoms with van der Waals surface area (Å²) in [5, 5.41) is 12.8. The van der Waals surface area contributed by atoms with Gasteiger partial charge in [-0.25, -0.2) is 4.98 Å². The monoisotopic (exact) mass is 422 g/mol. The molecule has 2 aliphatic rings. The van der Waals surface area contributed by atoms with Crippen LogP contribution in [0.1, 0.15) is 55.8 Å². The molecule has 1 atom stereocenters. The van der Waals surface area contributed by atoms with Crippen LogP contribution in [0.4, 0.5) is 11.5 Å². The molecule has 1 aliphatic carbocycles. The van der Waals surface area contributed by atoms with Crippen LogP contribution < -0.4 is 11.1 Å². The first-order valence-corrected chi connectivity index (χ1v) is 11.4. The minimum Gasteiger partial charge on any atom is -0.396 e. The Morgan fingerprint density at radius 3 is 2.52 bits per heavy atom. The van der Waals surface area contributed by atoms with Crippen molar-refractivity contribution in [3.05, 3.63) is 53.2 Å². The van der Waals surface area contributed by atoms with Crippen LogP contribution in [0.5, 0.6) is 0 Å². The number of likely N-dealkylation sites (tertiary alicyclic amines) is 1. The van der Waals surface area contributed by atoms with E-state index in [1.807, 2.05) is 6.07 Å². The van der Waals surface area contributed by atoms with Gasteiger partial charge in [0.25, 0.3) is 0 Å². The van der Waals surface area contributed by atoms with E-state index in [1.54, 1.807) is 0 Å². The summed E-state index contributed by atoms with van der Waals surface area (Å²) in [6, 6.07) is 12.9. The number of nitrogens with one attached hydrogen (secondary N) is 1. The fourth-order valence-electron chi connectivity index (χ4n) is 5.07. The van der Waals surface area contributed by atoms with E-state index >= 15 is 0 Å². The molecule has 1 saturated heterocycles. The molecule has 6 heteroatoms. The van der Waals surface area contributed by atoms with Crippen molar-refractivity contribution in [2.75, 3.05) is 30.7 Å². The van der Waals surface area contributed by atoms with Crippen molar-refractivity contribution in [3.8, 4) is 0 Å². The van der Waals surface area contributed by atoms with Crippen LogP contribution in [0.15, 0.2) is 36.4 Å². The Morgan fingerprint density at radius 2 is 1.87 bits per heavy atom. The number of anilines is 2. The second-order valence-electron chi connectivity index (χ2n) is 9.44. The van der Waals surface area contributed by atoms with E-state index in [2.05, 4.69) is 52.5 Å². The summed E-state index contributed by atoms with van der Waals surface area (Å²) in [6.07, 6.45) is 5.09. The number of nitrogens with two attached hydrogens (primary N) is 1. The van der Waals surface area contributed by atoms with E-state index in [9.17, 15) is 9.90 Å². The van der Waals surface area contributed by atoms with Crippen LogP contribution in [0.25, 0.3) is 0 Å². The lowest BCUT2D eigenvalue weighted by Gasteiger charge is -2.55. The van der Waals surface area contributed by atoms with Gasteiger partial charge in [-0.1, -0.05) is 37.6 Å². The molecular formula is C25H34N4O2. The van der Waals surface area contributed by atoms with Crippen LogP contribution in [0.2, 0.25) is 0 Å². The van der Waals surface area contributed by atoms with E-state index in [-0.39, 0.29) is 12.6 Å². The maximum Gasteiger partial charge on any atom is 0.134 e. The predicted octanol–water partition coefficient (Wildman–Crippen LogP) is 3.38. The van der Waals surface area contributed by atoms with Gasteiger partial charge >= 0.3 is 0 Å². The summed E-state index contributed by atoms with van der Waals surface area (Å²) in [5.41, 5.74) is 10.8. The molecule has 6 nitrogen and oxygen atoms in total. The summed E-state index contributed by atoms with van der Waals surface area (Å²) in [7, 11) is 0. The second-order valence-corrected chi connectivity index (χ2v) is 9.44. The Bertz CT molecular complexity index is 890. The molecule has 0 unspecified atom stereocenters. The highest BCUT2D eigenvalue weighted by molar-refractivity contribution is 5.86. The lowest BCUT2D eigenvalue weighted by atomic mass is 9.63. The molecule has 1 saturated carbocycles. The minimum absolute atomic E-state index is 0.175. The first-order chi connectivity index (χ1) is 15.0. The van der Waals surface area contributed by atoms with E-state index < -0.39 is 0 Å². The van der Waals surface area contributed by atoms with E-state index in [0.717, 1.165) is 69.5 Å². The van der Waals surface area contributed by atoms with Crippen LogP contribution in [0, 0.1) is 5.41 Å². The Balaban J connectivity index is 1.33. The van der Waals surface area contributed by atoms with Crippen molar-refractivity contribution in [1.29, 1.82) is 0 Å². The number of benzene rings is 1. The molecule has 0 bridgehead atoms. The molecule has 1 aliphatic heterocycles. The number of aliphatic hydroxyl groups is 1. The number of nitrogen functional groups attached to an aromatic ring is 1. The number of ketones is 1. The quantitative estimate of drug-likeness (QED) is 0.544. The zero-order valence-electron chi connectivity index (χ0n) is 18.4. The van der Waals surface area contributed by atoms with Crippen LogP contribution in [0.3, 0.4) is 0 Å². The Hall–Kier alpha value is -2.44. The second kappa shape index (κ2) is 9.37. The zero-order valence-corrected chi connectivity index (χ0v) is 18.4. The number of nitrogens with zero attached hydrogens (tertiary/aromatic N) is 2. The number of hydrogen-bond acceptors (Lipinski definition) is 6. The summed E-state index contributed by atoms with van der Waals surface area (Å²) < 4.78 is 0. The topological polar surface area (TPSA) is 91.5 Å². The third-order valence-electron chi connectivity index (χ3n) is 6.46. The average molecular weight is 423 g/mol. The summed E-state index contributed by atoms with van der Waals surface area (Å²) >= 11 is 0. The van der Waals surface area contributed by atoms with Crippen LogP contribution in [-0.4, -0.2) is 46.5 Å². The molecule has 31 heavy (non-hydrogen) atoms. The van der Waals surface area contributed by atoms with Gasteiger partial charge in [0.15, 0.2) is 0 Å². The molecule has 0 radical (unpaired) electrons. The Kier molecular flexibility index (Phi) is 6.58. The first kappa shape index (κ1) is 21.8. The molecule has 2 fully saturated rings. The lowest BCUT2D eigenvalue weighted by molar-refractivity contribution is -0.145. The Labute approximate surface area is 184 Å². The molecule has 2 heterocycles. The SMILES string of the molecule is CCC[C@@H](CCO)Nc1cc(N)nc(Cc2ccc(CN3CC4(CC(=O)C4)C3)cc2)c1. The number of Topliss-reactive ketones (excluding diaryl/α,β-unsaturated/α-hetero) is 1. The van der Waals surface area contributed by atoms with E-state index in [0.29, 0.717) is 17.0 Å². The molecule has 1 spiro atoms. The number of carbonyl (C=O) groups is 1. The number of hydrogen-bond donors (Lipinski definition) is 3. The highest BCUT2D eigenvalue weighted by atomic mass is 16.3. The van der Waals surface area contributed by atoms with Gasteiger partial charge < -0.3 is 16.2 Å². The molecule has 0 amide bonds. The third kappa shape index (κ3) is 5.43. The largest absolute Gasteiger partial charge is 0.396 e. The molecule has 1 aromatic heterocycles. The maximum atomic E-state index is 11.3. The standard InChI is InChI=1S/C25H34N4O2/c1-2-3-20(8-9-30)27-22-11-21(28-24(26)12-22)10-18-4-6-19(7-5-18)15-29-16-25(17-29)13-23(31)14-25/h4-7,11-12,20,30H,2-3,8-10,13-17H2,1H3,(H3,26,27,28)/t20-/m0/s1. The van der Waals surface area contributed by atoms with Crippen LogP contribution in [-0.2, 0) is 17.8 Å². The summed E-state index contributed by atoms with van der Waals surface area (Å²) in [6.45, 7) is 5.38. The van der Waals surface area contributed by atoms with Gasteiger partial charge in [0.1, 0.15) is 11.6 Å². The van der Waals surface area contributed by atoms with Gasteiger partial charge in [-0.3, -0.25) is 9.69 Å². The van der Waals surface area contributed by atoms with Gasteiger partial charge in [-0.05, 0) is 30.0 Å². The number of rotatable bonds is 10. The fraction of sp³-hybridized carbons (Fsp3) is 0.520. The number of pyridine rings is 1. The Morgan fingerprint density at radius 1 is 1.16 bits per heavy atom. The molecule has 1 aromatic carbocycles. The normalized spacial score (nSPS) is 18.5. The fourth-order valence-corrected chi connectivity index (χ4v) is 5.07. The van der Waals surface area contributed by atoms with Gasteiger partial charge in [0.05, 0.1) is 0 Å². The molecule has 4 rings (SSSR count). The molecule has 2 aromatic rings. The van der Waals surface area contributed by atoms with Gasteiger partial charge in [-0.2, -0.15) is 0 Å². The van der Waals surface area contributed by atoms with Gasteiger partial charge in [-0.15, -0.1) is 0 Å². The first-order valence-electron chi connectivity index (χ1n) is 11.4. The van der Waals surface area contributed by atoms with Gasteiger partial charge in [0, 0.05) is 74.4 Å². The van der Waals surface area contributed by atoms with Crippen molar-refractivity contribution in [3.63, 3.8) is 0 Å². The highest BCUT2D eigenvalue weighted by Gasteiger charge is 2.51. The van der Waals surface area contributed by atoms with Crippen molar-refractivity contribution >= 4 is 17.3 Å². The molecule has 4 N–H and O–H groups in total. The van der Waals surface area contributed by atoms with Crippen LogP contribution >= 0.6 is 0 Å². The number of carbonyl (C=O) groups excluding carboxylic acids is 1.